The predicted molar refractivity (Wildman–Crippen MR) is 156 cm³/mol. The SMILES string of the molecule is CC(=O)S[C@H]1C[C@@H](C(=O)N2CC[C@H](N(C)C(=O)OCc3ccc([N+](=O)[O-])cc3)C2)N(C(=O)OCc2ccc([N+](=O)[O-])cc2)C1. The molecule has 0 saturated carbocycles. The Morgan fingerprint density at radius 2 is 1.45 bits per heavy atom. The normalized spacial score (nSPS) is 19.4. The fourth-order valence-corrected chi connectivity index (χ4v) is 6.06. The van der Waals surface area contributed by atoms with Gasteiger partial charge in [-0.25, -0.2) is 9.59 Å². The average Bonchev–Trinajstić information content (AvgIpc) is 3.66. The molecule has 0 spiro atoms. The van der Waals surface area contributed by atoms with E-state index >= 15 is 0 Å². The lowest BCUT2D eigenvalue weighted by atomic mass is 10.2. The summed E-state index contributed by atoms with van der Waals surface area (Å²) in [6.07, 6.45) is -0.615. The summed E-state index contributed by atoms with van der Waals surface area (Å²) in [6.45, 7) is 1.87. The van der Waals surface area contributed by atoms with Crippen molar-refractivity contribution >= 4 is 46.3 Å². The van der Waals surface area contributed by atoms with Gasteiger partial charge in [0.15, 0.2) is 5.12 Å². The van der Waals surface area contributed by atoms with Crippen molar-refractivity contribution in [2.24, 2.45) is 0 Å². The number of nitro benzene ring substituents is 2. The molecule has 15 nitrogen and oxygen atoms in total. The third kappa shape index (κ3) is 8.00. The molecule has 2 aromatic carbocycles. The Bertz CT molecular complexity index is 1420. The summed E-state index contributed by atoms with van der Waals surface area (Å²) in [5.41, 5.74) is 0.950. The Morgan fingerprint density at radius 3 is 1.98 bits per heavy atom. The molecule has 0 radical (unpaired) electrons. The van der Waals surface area contributed by atoms with Crippen LogP contribution in [0.4, 0.5) is 21.0 Å². The van der Waals surface area contributed by atoms with Gasteiger partial charge in [-0.3, -0.25) is 34.7 Å². The maximum absolute atomic E-state index is 13.6. The number of non-ortho nitro benzene ring substituents is 2. The van der Waals surface area contributed by atoms with Crippen molar-refractivity contribution in [3.63, 3.8) is 0 Å². The molecule has 2 aromatic rings. The third-order valence-electron chi connectivity index (χ3n) is 7.44. The highest BCUT2D eigenvalue weighted by Gasteiger charge is 2.44. The van der Waals surface area contributed by atoms with Gasteiger partial charge in [-0.2, -0.15) is 0 Å². The van der Waals surface area contributed by atoms with Gasteiger partial charge >= 0.3 is 12.2 Å². The minimum atomic E-state index is -0.866. The first kappa shape index (κ1) is 32.2. The Hall–Kier alpha value is -4.73. The van der Waals surface area contributed by atoms with Gasteiger partial charge < -0.3 is 19.3 Å². The van der Waals surface area contributed by atoms with E-state index < -0.39 is 28.1 Å². The largest absolute Gasteiger partial charge is 0.445 e. The zero-order chi connectivity index (χ0) is 32.0. The highest BCUT2D eigenvalue weighted by Crippen LogP contribution is 2.31. The summed E-state index contributed by atoms with van der Waals surface area (Å²) in [4.78, 5) is 76.1. The van der Waals surface area contributed by atoms with Crippen LogP contribution in [0.2, 0.25) is 0 Å². The average molecular weight is 630 g/mol. The quantitative estimate of drug-likeness (QED) is 0.291. The van der Waals surface area contributed by atoms with E-state index in [9.17, 15) is 39.4 Å². The Labute approximate surface area is 256 Å². The van der Waals surface area contributed by atoms with E-state index in [1.54, 1.807) is 11.9 Å². The first-order chi connectivity index (χ1) is 20.9. The predicted octanol–water partition coefficient (Wildman–Crippen LogP) is 3.73. The fraction of sp³-hybridized carbons (Fsp3) is 0.429. The van der Waals surface area contributed by atoms with Crippen LogP contribution >= 0.6 is 11.8 Å². The van der Waals surface area contributed by atoms with Crippen molar-refractivity contribution in [3.8, 4) is 0 Å². The molecule has 0 bridgehead atoms. The molecular weight excluding hydrogens is 598 g/mol. The summed E-state index contributed by atoms with van der Waals surface area (Å²) in [5, 5.41) is 21.3. The second kappa shape index (κ2) is 14.2. The lowest BCUT2D eigenvalue weighted by Crippen LogP contribution is -2.48. The topological polar surface area (TPSA) is 183 Å². The number of likely N-dealkylation sites (N-methyl/N-ethyl adjacent to an activating group) is 1. The number of hydrogen-bond donors (Lipinski definition) is 0. The molecule has 2 aliphatic rings. The monoisotopic (exact) mass is 629 g/mol. The molecule has 0 N–H and O–H groups in total. The van der Waals surface area contributed by atoms with Crippen LogP contribution in [-0.2, 0) is 32.3 Å². The number of benzene rings is 2. The maximum Gasteiger partial charge on any atom is 0.410 e. The zero-order valence-corrected chi connectivity index (χ0v) is 24.8. The van der Waals surface area contributed by atoms with Crippen LogP contribution in [0.15, 0.2) is 48.5 Å². The number of thioether (sulfide) groups is 1. The van der Waals surface area contributed by atoms with Crippen molar-refractivity contribution in [2.75, 3.05) is 26.7 Å². The maximum atomic E-state index is 13.6. The molecule has 0 aliphatic carbocycles. The first-order valence-electron chi connectivity index (χ1n) is 13.7. The molecule has 3 atom stereocenters. The molecule has 2 aliphatic heterocycles. The number of rotatable bonds is 9. The van der Waals surface area contributed by atoms with Crippen LogP contribution < -0.4 is 0 Å². The van der Waals surface area contributed by atoms with E-state index in [0.29, 0.717) is 24.1 Å². The van der Waals surface area contributed by atoms with Crippen LogP contribution in [0, 0.1) is 20.2 Å². The Morgan fingerprint density at radius 1 is 0.909 bits per heavy atom. The number of carbonyl (C=O) groups excluding carboxylic acids is 4. The van der Waals surface area contributed by atoms with Gasteiger partial charge in [0.25, 0.3) is 11.4 Å². The Balaban J connectivity index is 1.34. The number of ether oxygens (including phenoxy) is 2. The van der Waals surface area contributed by atoms with Gasteiger partial charge in [0.05, 0.1) is 15.9 Å². The molecule has 0 unspecified atom stereocenters. The number of nitro groups is 2. The molecule has 2 fully saturated rings. The molecule has 234 valence electrons. The standard InChI is InChI=1S/C28H31N5O10S/c1-18(34)44-24-13-25(31(15-24)28(37)43-17-20-5-9-22(10-6-20)33(40)41)26(35)30-12-11-23(14-30)29(2)27(36)42-16-19-3-7-21(8-4-19)32(38)39/h3-10,23-25H,11-17H2,1-2H3/t23-,24-,25-/m0/s1. The summed E-state index contributed by atoms with van der Waals surface area (Å²) in [5.74, 6) is -0.320. The van der Waals surface area contributed by atoms with Gasteiger partial charge in [0.2, 0.25) is 5.91 Å². The van der Waals surface area contributed by atoms with E-state index in [1.807, 2.05) is 0 Å². The summed E-state index contributed by atoms with van der Waals surface area (Å²) in [7, 11) is 1.56. The van der Waals surface area contributed by atoms with E-state index in [-0.39, 0.29) is 66.4 Å². The molecule has 44 heavy (non-hydrogen) atoms. The van der Waals surface area contributed by atoms with E-state index in [0.717, 1.165) is 11.8 Å². The summed E-state index contributed by atoms with van der Waals surface area (Å²) < 4.78 is 10.8. The van der Waals surface area contributed by atoms with Crippen molar-refractivity contribution in [2.45, 2.75) is 50.3 Å². The van der Waals surface area contributed by atoms with Gasteiger partial charge in [0.1, 0.15) is 19.3 Å². The van der Waals surface area contributed by atoms with Crippen molar-refractivity contribution < 1.29 is 38.5 Å². The van der Waals surface area contributed by atoms with Crippen molar-refractivity contribution in [1.82, 2.24) is 14.7 Å². The van der Waals surface area contributed by atoms with Crippen LogP contribution in [0.25, 0.3) is 0 Å². The zero-order valence-electron chi connectivity index (χ0n) is 24.0. The van der Waals surface area contributed by atoms with Gasteiger partial charge in [0, 0.05) is 63.1 Å². The minimum Gasteiger partial charge on any atom is -0.445 e. The molecule has 16 heteroatoms. The summed E-state index contributed by atoms with van der Waals surface area (Å²) in [6, 6.07) is 10.0. The van der Waals surface area contributed by atoms with Crippen LogP contribution in [0.3, 0.4) is 0 Å². The van der Waals surface area contributed by atoms with Crippen molar-refractivity contribution in [1.29, 1.82) is 0 Å². The second-order valence-corrected chi connectivity index (χ2v) is 11.9. The molecular formula is C28H31N5O10S. The molecule has 4 rings (SSSR count). The first-order valence-corrected chi connectivity index (χ1v) is 14.6. The van der Waals surface area contributed by atoms with E-state index in [1.165, 1.54) is 65.3 Å². The van der Waals surface area contributed by atoms with E-state index in [4.69, 9.17) is 9.47 Å². The smallest absolute Gasteiger partial charge is 0.410 e. The van der Waals surface area contributed by atoms with Crippen LogP contribution in [0.1, 0.15) is 30.9 Å². The lowest BCUT2D eigenvalue weighted by Gasteiger charge is -2.28. The van der Waals surface area contributed by atoms with Crippen molar-refractivity contribution in [3.05, 3.63) is 79.9 Å². The van der Waals surface area contributed by atoms with Gasteiger partial charge in [-0.05, 0) is 48.2 Å². The summed E-state index contributed by atoms with van der Waals surface area (Å²) >= 11 is 1.06. The number of likely N-dealkylation sites (tertiary alicyclic amines) is 2. The number of nitrogens with zero attached hydrogens (tertiary/aromatic N) is 5. The second-order valence-electron chi connectivity index (χ2n) is 10.4. The Kier molecular flexibility index (Phi) is 10.4. The number of carbonyl (C=O) groups is 4. The molecule has 3 amide bonds. The van der Waals surface area contributed by atoms with Gasteiger partial charge in [-0.15, -0.1) is 0 Å². The minimum absolute atomic E-state index is 0.0716. The highest BCUT2D eigenvalue weighted by molar-refractivity contribution is 8.14. The van der Waals surface area contributed by atoms with E-state index in [2.05, 4.69) is 0 Å². The number of amides is 3. The van der Waals surface area contributed by atoms with Crippen LogP contribution in [0.5, 0.6) is 0 Å². The lowest BCUT2D eigenvalue weighted by molar-refractivity contribution is -0.385. The third-order valence-corrected chi connectivity index (χ3v) is 8.45. The molecule has 2 saturated heterocycles. The highest BCUT2D eigenvalue weighted by atomic mass is 32.2. The van der Waals surface area contributed by atoms with Crippen LogP contribution in [-0.4, -0.2) is 91.8 Å². The fourth-order valence-electron chi connectivity index (χ4n) is 5.07. The van der Waals surface area contributed by atoms with Gasteiger partial charge in [-0.1, -0.05) is 11.8 Å². The molecule has 2 heterocycles. The molecule has 0 aromatic heterocycles. The number of hydrogen-bond acceptors (Lipinski definition) is 11.